The number of primary amides is 1. The predicted octanol–water partition coefficient (Wildman–Crippen LogP) is 0.643. The Morgan fingerprint density at radius 3 is 2.38 bits per heavy atom. The van der Waals surface area contributed by atoms with Gasteiger partial charge in [-0.2, -0.15) is 13.2 Å². The van der Waals surface area contributed by atoms with Crippen molar-refractivity contribution in [3.63, 3.8) is 0 Å². The van der Waals surface area contributed by atoms with E-state index in [0.29, 0.717) is 0 Å². The van der Waals surface area contributed by atoms with Gasteiger partial charge in [0.25, 0.3) is 0 Å². The van der Waals surface area contributed by atoms with E-state index >= 15 is 0 Å². The molecule has 5 N–H and O–H groups in total. The van der Waals surface area contributed by atoms with Crippen LogP contribution < -0.4 is 16.8 Å². The first-order valence-electron chi connectivity index (χ1n) is 5.83. The zero-order valence-electron chi connectivity index (χ0n) is 11.2. The topological polar surface area (TPSA) is 101 Å². The Hall–Kier alpha value is -2.29. The van der Waals surface area contributed by atoms with Crippen molar-refractivity contribution in [1.82, 2.24) is 4.90 Å². The van der Waals surface area contributed by atoms with Crippen molar-refractivity contribution in [3.05, 3.63) is 23.8 Å². The third kappa shape index (κ3) is 5.30. The molecule has 0 aliphatic rings. The molecule has 0 unspecified atom stereocenters. The van der Waals surface area contributed by atoms with Crippen LogP contribution in [0.1, 0.15) is 5.56 Å². The highest BCUT2D eigenvalue weighted by molar-refractivity contribution is 5.95. The average molecular weight is 304 g/mol. The number of nitrogens with two attached hydrogens (primary N) is 2. The van der Waals surface area contributed by atoms with Crippen molar-refractivity contribution < 1.29 is 22.8 Å². The van der Waals surface area contributed by atoms with Crippen LogP contribution in [0.4, 0.5) is 24.5 Å². The Labute approximate surface area is 118 Å². The minimum absolute atomic E-state index is 0.0699. The second-order valence-corrected chi connectivity index (χ2v) is 4.49. The normalized spacial score (nSPS) is 11.5. The number of nitrogens with zero attached hydrogens (tertiary/aromatic N) is 1. The fraction of sp³-hybridized carbons (Fsp3) is 0.333. The van der Waals surface area contributed by atoms with Crippen LogP contribution in [0.3, 0.4) is 0 Å². The number of nitrogens with one attached hydrogen (secondary N) is 1. The first-order valence-corrected chi connectivity index (χ1v) is 5.83. The van der Waals surface area contributed by atoms with Gasteiger partial charge in [0.2, 0.25) is 11.8 Å². The van der Waals surface area contributed by atoms with E-state index in [1.165, 1.54) is 11.9 Å². The number of halogens is 3. The van der Waals surface area contributed by atoms with E-state index in [4.69, 9.17) is 11.5 Å². The molecule has 0 aromatic heterocycles. The molecule has 6 nitrogen and oxygen atoms in total. The summed E-state index contributed by atoms with van der Waals surface area (Å²) in [5, 5.41) is 2.37. The van der Waals surface area contributed by atoms with Gasteiger partial charge in [0.15, 0.2) is 0 Å². The maximum atomic E-state index is 12.5. The van der Waals surface area contributed by atoms with Gasteiger partial charge < -0.3 is 16.8 Å². The summed E-state index contributed by atoms with van der Waals surface area (Å²) in [6.07, 6.45) is -4.50. The highest BCUT2D eigenvalue weighted by Gasteiger charge is 2.30. The van der Waals surface area contributed by atoms with Crippen molar-refractivity contribution in [3.8, 4) is 0 Å². The minimum atomic E-state index is -4.50. The molecule has 0 radical (unpaired) electrons. The Bertz CT molecular complexity index is 546. The average Bonchev–Trinajstić information content (AvgIpc) is 2.28. The summed E-state index contributed by atoms with van der Waals surface area (Å²) in [4.78, 5) is 23.7. The number of hydrogen-bond donors (Lipinski definition) is 3. The van der Waals surface area contributed by atoms with Gasteiger partial charge in [0.1, 0.15) is 0 Å². The smallest absolute Gasteiger partial charge is 0.397 e. The number of alkyl halides is 3. The van der Waals surface area contributed by atoms with E-state index < -0.39 is 23.6 Å². The van der Waals surface area contributed by atoms with Crippen LogP contribution in [-0.2, 0) is 15.8 Å². The number of carbonyl (C=O) groups excluding carboxylic acids is 2. The first kappa shape index (κ1) is 16.8. The maximum absolute atomic E-state index is 12.5. The lowest BCUT2D eigenvalue weighted by atomic mass is 10.1. The summed E-state index contributed by atoms with van der Waals surface area (Å²) in [7, 11) is 1.50. The van der Waals surface area contributed by atoms with Crippen LogP contribution >= 0.6 is 0 Å². The van der Waals surface area contributed by atoms with E-state index in [1.807, 2.05) is 0 Å². The lowest BCUT2D eigenvalue weighted by Crippen LogP contribution is -2.36. The van der Waals surface area contributed by atoms with Crippen LogP contribution in [0.15, 0.2) is 18.2 Å². The molecule has 0 atom stereocenters. The number of hydrogen-bond acceptors (Lipinski definition) is 4. The fourth-order valence-corrected chi connectivity index (χ4v) is 1.61. The van der Waals surface area contributed by atoms with Crippen LogP contribution in [0, 0.1) is 0 Å². The monoisotopic (exact) mass is 304 g/mol. The lowest BCUT2D eigenvalue weighted by molar-refractivity contribution is -0.137. The molecule has 2 amide bonds. The van der Waals surface area contributed by atoms with Crippen LogP contribution in [-0.4, -0.2) is 36.9 Å². The van der Waals surface area contributed by atoms with Crippen molar-refractivity contribution in [2.75, 3.05) is 31.2 Å². The molecule has 0 saturated heterocycles. The van der Waals surface area contributed by atoms with E-state index in [1.54, 1.807) is 0 Å². The quantitative estimate of drug-likeness (QED) is 0.695. The highest BCUT2D eigenvalue weighted by Crippen LogP contribution is 2.32. The predicted molar refractivity (Wildman–Crippen MR) is 71.2 cm³/mol. The molecule has 21 heavy (non-hydrogen) atoms. The zero-order chi connectivity index (χ0) is 16.2. The van der Waals surface area contributed by atoms with E-state index in [9.17, 15) is 22.8 Å². The molecule has 9 heteroatoms. The SMILES string of the molecule is CN(CC(N)=O)CC(=O)Nc1ccc(C(F)(F)F)cc1N. The van der Waals surface area contributed by atoms with Gasteiger partial charge in [-0.15, -0.1) is 0 Å². The third-order valence-corrected chi connectivity index (χ3v) is 2.49. The molecule has 1 rings (SSSR count). The van der Waals surface area contributed by atoms with E-state index in [2.05, 4.69) is 5.32 Å². The summed E-state index contributed by atoms with van der Waals surface area (Å²) in [5.41, 5.74) is 9.41. The number of benzene rings is 1. The third-order valence-electron chi connectivity index (χ3n) is 2.49. The Balaban J connectivity index is 2.71. The maximum Gasteiger partial charge on any atom is 0.416 e. The van der Waals surface area contributed by atoms with Crippen molar-refractivity contribution in [2.24, 2.45) is 5.73 Å². The minimum Gasteiger partial charge on any atom is -0.397 e. The van der Waals surface area contributed by atoms with Crippen molar-refractivity contribution in [1.29, 1.82) is 0 Å². The molecule has 0 aliphatic carbocycles. The molecular weight excluding hydrogens is 289 g/mol. The molecular formula is C12H15F3N4O2. The molecule has 0 saturated carbocycles. The number of rotatable bonds is 5. The molecule has 0 bridgehead atoms. The molecule has 0 heterocycles. The molecule has 0 aliphatic heterocycles. The van der Waals surface area contributed by atoms with Crippen molar-refractivity contribution >= 4 is 23.2 Å². The number of anilines is 2. The lowest BCUT2D eigenvalue weighted by Gasteiger charge is -2.15. The second kappa shape index (κ2) is 6.44. The highest BCUT2D eigenvalue weighted by atomic mass is 19.4. The van der Waals surface area contributed by atoms with Gasteiger partial charge in [-0.25, -0.2) is 0 Å². The van der Waals surface area contributed by atoms with Gasteiger partial charge >= 0.3 is 6.18 Å². The van der Waals surface area contributed by atoms with Gasteiger partial charge in [0.05, 0.1) is 30.0 Å². The number of nitrogen functional groups attached to an aromatic ring is 1. The van der Waals surface area contributed by atoms with Crippen LogP contribution in [0.2, 0.25) is 0 Å². The summed E-state index contributed by atoms with van der Waals surface area (Å²) in [6, 6.07) is 2.63. The molecule has 116 valence electrons. The summed E-state index contributed by atoms with van der Waals surface area (Å²) in [5.74, 6) is -1.12. The van der Waals surface area contributed by atoms with Crippen LogP contribution in [0.25, 0.3) is 0 Å². The first-order chi connectivity index (χ1) is 9.59. The number of likely N-dealkylation sites (N-methyl/N-ethyl adjacent to an activating group) is 1. The van der Waals surface area contributed by atoms with Gasteiger partial charge in [-0.3, -0.25) is 14.5 Å². The Kier molecular flexibility index (Phi) is 5.14. The van der Waals surface area contributed by atoms with Crippen LogP contribution in [0.5, 0.6) is 0 Å². The van der Waals surface area contributed by atoms with Gasteiger partial charge in [0, 0.05) is 0 Å². The van der Waals surface area contributed by atoms with Crippen molar-refractivity contribution in [2.45, 2.75) is 6.18 Å². The summed E-state index contributed by atoms with van der Waals surface area (Å²) < 4.78 is 37.4. The Morgan fingerprint density at radius 2 is 1.90 bits per heavy atom. The van der Waals surface area contributed by atoms with Gasteiger partial charge in [-0.05, 0) is 25.2 Å². The number of carbonyl (C=O) groups is 2. The molecule has 0 fully saturated rings. The Morgan fingerprint density at radius 1 is 1.29 bits per heavy atom. The zero-order valence-corrected chi connectivity index (χ0v) is 11.2. The standard InChI is InChI=1S/C12H15F3N4O2/c1-19(5-10(17)20)6-11(21)18-9-3-2-7(4-8(9)16)12(13,14)15/h2-4H,5-6,16H2,1H3,(H2,17,20)(H,18,21). The molecule has 1 aromatic carbocycles. The second-order valence-electron chi connectivity index (χ2n) is 4.49. The van der Waals surface area contributed by atoms with Gasteiger partial charge in [-0.1, -0.05) is 0 Å². The fourth-order valence-electron chi connectivity index (χ4n) is 1.61. The number of amides is 2. The molecule has 1 aromatic rings. The van der Waals surface area contributed by atoms with E-state index in [0.717, 1.165) is 18.2 Å². The summed E-state index contributed by atoms with van der Waals surface area (Å²) >= 11 is 0. The summed E-state index contributed by atoms with van der Waals surface area (Å²) in [6.45, 7) is -0.265. The van der Waals surface area contributed by atoms with E-state index in [-0.39, 0.29) is 24.5 Å². The largest absolute Gasteiger partial charge is 0.416 e. The molecule has 0 spiro atoms.